The second-order valence-corrected chi connectivity index (χ2v) is 9.25. The van der Waals surface area contributed by atoms with Crippen molar-refractivity contribution < 1.29 is 28.0 Å². The monoisotopic (exact) mass is 495 g/mol. The number of carbonyl (C=O) groups excluding carboxylic acids is 2. The van der Waals surface area contributed by atoms with Crippen molar-refractivity contribution in [3.63, 3.8) is 0 Å². The van der Waals surface area contributed by atoms with Gasteiger partial charge in [-0.1, -0.05) is 60.7 Å². The number of carbonyl (C=O) groups is 2. The van der Waals surface area contributed by atoms with Crippen LogP contribution in [0.4, 0.5) is 4.39 Å². The van der Waals surface area contributed by atoms with Gasteiger partial charge in [-0.2, -0.15) is 4.39 Å². The fraction of sp³-hybridized carbons (Fsp3) is 0.240. The molecule has 5 rings (SSSR count). The van der Waals surface area contributed by atoms with Crippen molar-refractivity contribution in [1.82, 2.24) is 10.1 Å². The van der Waals surface area contributed by atoms with Gasteiger partial charge in [0.05, 0.1) is 0 Å². The molecule has 1 amide bonds. The molecule has 2 aromatic carbocycles. The van der Waals surface area contributed by atoms with Crippen molar-refractivity contribution in [2.24, 2.45) is 5.73 Å². The van der Waals surface area contributed by atoms with Crippen LogP contribution in [0.25, 0.3) is 0 Å². The van der Waals surface area contributed by atoms with E-state index in [1.54, 1.807) is 0 Å². The molecule has 180 valence electrons. The Morgan fingerprint density at radius 1 is 1.20 bits per heavy atom. The number of ether oxygens (including phenoxy) is 2. The Balaban J connectivity index is 1.47. The third-order valence-electron chi connectivity index (χ3n) is 5.86. The maximum Gasteiger partial charge on any atom is 0.356 e. The number of thioether (sulfide) groups is 1. The lowest BCUT2D eigenvalue weighted by Crippen LogP contribution is -2.68. The van der Waals surface area contributed by atoms with Gasteiger partial charge in [-0.05, 0) is 23.2 Å². The van der Waals surface area contributed by atoms with Gasteiger partial charge in [0, 0.05) is 11.3 Å². The van der Waals surface area contributed by atoms with Crippen LogP contribution in [0.2, 0.25) is 0 Å². The molecule has 1 unspecified atom stereocenters. The molecule has 8 nitrogen and oxygen atoms in total. The first-order valence-corrected chi connectivity index (χ1v) is 12.0. The summed E-state index contributed by atoms with van der Waals surface area (Å²) in [6.45, 7) is 1.25. The number of β-lactam (4-membered cyclic amide) rings is 1. The summed E-state index contributed by atoms with van der Waals surface area (Å²) in [7, 11) is 0. The average molecular weight is 496 g/mol. The average Bonchev–Trinajstić information content (AvgIpc) is 3.22. The van der Waals surface area contributed by atoms with Gasteiger partial charge in [-0.15, -0.1) is 11.8 Å². The maximum absolute atomic E-state index is 14.1. The number of amides is 1. The van der Waals surface area contributed by atoms with Crippen LogP contribution in [-0.2, 0) is 14.3 Å². The predicted octanol–water partition coefficient (Wildman–Crippen LogP) is 3.33. The van der Waals surface area contributed by atoms with Crippen LogP contribution in [0.5, 0.6) is 5.88 Å². The Morgan fingerprint density at radius 3 is 2.40 bits per heavy atom. The maximum atomic E-state index is 14.1. The first-order valence-electron chi connectivity index (χ1n) is 10.9. The van der Waals surface area contributed by atoms with Crippen LogP contribution in [-0.4, -0.2) is 45.7 Å². The first kappa shape index (κ1) is 23.1. The van der Waals surface area contributed by atoms with E-state index in [1.807, 2.05) is 60.7 Å². The Hall–Kier alpha value is -3.63. The number of esters is 1. The summed E-state index contributed by atoms with van der Waals surface area (Å²) < 4.78 is 30.4. The second-order valence-electron chi connectivity index (χ2n) is 8.14. The fourth-order valence-corrected chi connectivity index (χ4v) is 5.29. The van der Waals surface area contributed by atoms with E-state index in [0.717, 1.165) is 11.1 Å². The second kappa shape index (κ2) is 9.55. The van der Waals surface area contributed by atoms with Crippen LogP contribution in [0.1, 0.15) is 23.0 Å². The summed E-state index contributed by atoms with van der Waals surface area (Å²) in [5.74, 6) is -1.76. The van der Waals surface area contributed by atoms with Crippen molar-refractivity contribution in [2.45, 2.75) is 24.4 Å². The number of nitrogens with two attached hydrogens (primary N) is 1. The minimum Gasteiger partial charge on any atom is -0.469 e. The molecule has 2 aliphatic heterocycles. The Kier molecular flexibility index (Phi) is 6.31. The van der Waals surface area contributed by atoms with Gasteiger partial charge < -0.3 is 19.7 Å². The molecule has 0 saturated carbocycles. The minimum absolute atomic E-state index is 0.0100. The summed E-state index contributed by atoms with van der Waals surface area (Å²) >= 11 is 1.41. The highest BCUT2D eigenvalue weighted by molar-refractivity contribution is 8.00. The molecule has 10 heteroatoms. The molecular weight excluding hydrogens is 473 g/mol. The third-order valence-corrected chi connectivity index (χ3v) is 7.22. The Bertz CT molecular complexity index is 1240. The summed E-state index contributed by atoms with van der Waals surface area (Å²) in [5, 5.41) is 3.17. The topological polar surface area (TPSA) is 108 Å². The minimum atomic E-state index is -0.716. The van der Waals surface area contributed by atoms with Crippen molar-refractivity contribution in [2.75, 3.05) is 12.4 Å². The number of halogens is 1. The SMILES string of the molecule is Cc1onc(OCC2=C(C(=O)OC(c3ccccc3)c3ccccc3)N3C(=O)C(N)[C@H]3SC2)c1F. The molecule has 0 bridgehead atoms. The molecule has 1 fully saturated rings. The standard InChI is InChI=1S/C25H22FN3O5S/c1-14-18(26)22(28-34-14)32-12-17-13-35-24-19(27)23(30)29(24)20(17)25(31)33-21(15-8-4-2-5-9-15)16-10-6-3-7-11-16/h2-11,19,21,24H,12-13,27H2,1H3/t19?,24-/m1/s1. The number of fused-ring (bicyclic) bond motifs is 1. The van der Waals surface area contributed by atoms with Crippen LogP contribution >= 0.6 is 11.8 Å². The molecule has 2 aliphatic rings. The molecule has 3 aromatic rings. The lowest BCUT2D eigenvalue weighted by Gasteiger charge is -2.48. The van der Waals surface area contributed by atoms with Crippen molar-refractivity contribution in [3.05, 3.63) is 94.6 Å². The molecule has 2 N–H and O–H groups in total. The summed E-state index contributed by atoms with van der Waals surface area (Å²) in [5.41, 5.74) is 8.06. The summed E-state index contributed by atoms with van der Waals surface area (Å²) in [6, 6.07) is 17.9. The largest absolute Gasteiger partial charge is 0.469 e. The molecule has 35 heavy (non-hydrogen) atoms. The molecular formula is C25H22FN3O5S. The molecule has 0 spiro atoms. The van der Waals surface area contributed by atoms with Gasteiger partial charge in [0.2, 0.25) is 11.7 Å². The van der Waals surface area contributed by atoms with E-state index in [-0.39, 0.29) is 35.2 Å². The van der Waals surface area contributed by atoms with Crippen molar-refractivity contribution >= 4 is 23.6 Å². The number of rotatable bonds is 7. The van der Waals surface area contributed by atoms with E-state index < -0.39 is 23.9 Å². The quantitative estimate of drug-likeness (QED) is 0.393. The number of hydrogen-bond acceptors (Lipinski definition) is 8. The van der Waals surface area contributed by atoms with Gasteiger partial charge in [0.25, 0.3) is 5.88 Å². The molecule has 2 atom stereocenters. The lowest BCUT2D eigenvalue weighted by atomic mass is 10.0. The van der Waals surface area contributed by atoms with E-state index in [4.69, 9.17) is 19.7 Å². The van der Waals surface area contributed by atoms with Crippen LogP contribution in [0.3, 0.4) is 0 Å². The highest BCUT2D eigenvalue weighted by Crippen LogP contribution is 2.41. The van der Waals surface area contributed by atoms with Gasteiger partial charge in [0.15, 0.2) is 11.9 Å². The van der Waals surface area contributed by atoms with Crippen molar-refractivity contribution in [1.29, 1.82) is 0 Å². The predicted molar refractivity (Wildman–Crippen MR) is 126 cm³/mol. The van der Waals surface area contributed by atoms with Crippen LogP contribution < -0.4 is 10.5 Å². The zero-order valence-corrected chi connectivity index (χ0v) is 19.5. The van der Waals surface area contributed by atoms with Crippen molar-refractivity contribution in [3.8, 4) is 5.88 Å². The molecule has 3 heterocycles. The van der Waals surface area contributed by atoms with Gasteiger partial charge >= 0.3 is 5.97 Å². The van der Waals surface area contributed by atoms with Crippen LogP contribution in [0.15, 0.2) is 76.5 Å². The normalized spacial score (nSPS) is 19.4. The summed E-state index contributed by atoms with van der Waals surface area (Å²) in [6.07, 6.45) is -0.701. The molecule has 1 saturated heterocycles. The van der Waals surface area contributed by atoms with Gasteiger partial charge in [0.1, 0.15) is 23.7 Å². The van der Waals surface area contributed by atoms with E-state index in [0.29, 0.717) is 11.3 Å². The fourth-order valence-electron chi connectivity index (χ4n) is 4.01. The Morgan fingerprint density at radius 2 is 1.83 bits per heavy atom. The van der Waals surface area contributed by atoms with E-state index in [9.17, 15) is 14.0 Å². The van der Waals surface area contributed by atoms with E-state index in [2.05, 4.69) is 5.16 Å². The molecule has 0 radical (unpaired) electrons. The third kappa shape index (κ3) is 4.30. The molecule has 0 aliphatic carbocycles. The number of nitrogens with zero attached hydrogens (tertiary/aromatic N) is 2. The van der Waals surface area contributed by atoms with E-state index in [1.165, 1.54) is 23.6 Å². The zero-order chi connectivity index (χ0) is 24.5. The van der Waals surface area contributed by atoms with Gasteiger partial charge in [-0.25, -0.2) is 4.79 Å². The van der Waals surface area contributed by atoms with E-state index >= 15 is 0 Å². The molecule has 1 aromatic heterocycles. The lowest BCUT2D eigenvalue weighted by molar-refractivity contribution is -0.153. The first-order chi connectivity index (χ1) is 17.0. The highest BCUT2D eigenvalue weighted by atomic mass is 32.2. The Labute approximate surface area is 204 Å². The zero-order valence-electron chi connectivity index (χ0n) is 18.7. The summed E-state index contributed by atoms with van der Waals surface area (Å²) in [4.78, 5) is 27.6. The number of benzene rings is 2. The smallest absolute Gasteiger partial charge is 0.356 e. The van der Waals surface area contributed by atoms with Crippen LogP contribution in [0, 0.1) is 12.7 Å². The van der Waals surface area contributed by atoms with Gasteiger partial charge in [-0.3, -0.25) is 9.69 Å². The highest BCUT2D eigenvalue weighted by Gasteiger charge is 2.52. The number of aromatic nitrogens is 1. The number of hydrogen-bond donors (Lipinski definition) is 1. The number of aryl methyl sites for hydroxylation is 1.